The van der Waals surface area contributed by atoms with E-state index in [4.69, 9.17) is 9.15 Å². The molecule has 0 unspecified atom stereocenters. The zero-order valence-electron chi connectivity index (χ0n) is 21.5. The standard InChI is InChI=1S/C28H33N3O5S/c1-18-8-10-20(11-9-18)37(33,34)29-15-13-26(32)30-31-27-22-7-5-4-6-21(22)23-16-19-12-14-28(2,3)36-24(19)17-25(23)35-27/h8-11,16-17,29H,4-7,12-15H2,1-3H3,(H,30,32)/b31-27-. The first-order valence-electron chi connectivity index (χ1n) is 12.8. The number of ether oxygens (including phenoxy) is 1. The molecule has 0 spiro atoms. The first kappa shape index (κ1) is 25.5. The number of fused-ring (bicyclic) bond motifs is 4. The number of carbonyl (C=O) groups is 1. The second-order valence-corrected chi connectivity index (χ2v) is 12.3. The van der Waals surface area contributed by atoms with Crippen LogP contribution in [0.4, 0.5) is 0 Å². The fraction of sp³-hybridized carbons (Fsp3) is 0.429. The van der Waals surface area contributed by atoms with Gasteiger partial charge in [-0.2, -0.15) is 0 Å². The smallest absolute Gasteiger partial charge is 0.241 e. The van der Waals surface area contributed by atoms with E-state index in [1.807, 2.05) is 13.0 Å². The van der Waals surface area contributed by atoms with Crippen LogP contribution in [0.2, 0.25) is 0 Å². The van der Waals surface area contributed by atoms with E-state index in [-0.39, 0.29) is 23.5 Å². The van der Waals surface area contributed by atoms with Crippen LogP contribution in [0.25, 0.3) is 11.0 Å². The number of benzene rings is 2. The van der Waals surface area contributed by atoms with Gasteiger partial charge >= 0.3 is 0 Å². The lowest BCUT2D eigenvalue weighted by molar-refractivity contribution is -0.121. The molecule has 1 aliphatic carbocycles. The summed E-state index contributed by atoms with van der Waals surface area (Å²) in [7, 11) is -3.68. The number of nitrogens with one attached hydrogen (secondary N) is 2. The van der Waals surface area contributed by atoms with E-state index in [2.05, 4.69) is 35.2 Å². The molecule has 1 amide bonds. The molecule has 196 valence electrons. The number of hydrogen-bond donors (Lipinski definition) is 2. The van der Waals surface area contributed by atoms with E-state index in [0.717, 1.165) is 60.8 Å². The predicted octanol–water partition coefficient (Wildman–Crippen LogP) is 4.02. The molecular weight excluding hydrogens is 490 g/mol. The summed E-state index contributed by atoms with van der Waals surface area (Å²) in [6, 6.07) is 10.7. The topological polar surface area (TPSA) is 110 Å². The minimum Gasteiger partial charge on any atom is -0.487 e. The van der Waals surface area contributed by atoms with E-state index < -0.39 is 15.9 Å². The van der Waals surface area contributed by atoms with Crippen molar-refractivity contribution in [3.8, 4) is 5.75 Å². The van der Waals surface area contributed by atoms with Gasteiger partial charge in [0.1, 0.15) is 16.9 Å². The summed E-state index contributed by atoms with van der Waals surface area (Å²) in [6.45, 7) is 6.02. The zero-order valence-corrected chi connectivity index (χ0v) is 22.3. The third-order valence-corrected chi connectivity index (χ3v) is 8.54. The Labute approximate surface area is 217 Å². The highest BCUT2D eigenvalue weighted by Crippen LogP contribution is 2.37. The summed E-state index contributed by atoms with van der Waals surface area (Å²) >= 11 is 0. The number of rotatable bonds is 6. The normalized spacial score (nSPS) is 17.1. The molecule has 9 heteroatoms. The van der Waals surface area contributed by atoms with Crippen molar-refractivity contribution in [1.82, 2.24) is 10.1 Å². The highest BCUT2D eigenvalue weighted by molar-refractivity contribution is 7.89. The van der Waals surface area contributed by atoms with Gasteiger partial charge in [-0.15, -0.1) is 5.10 Å². The van der Waals surface area contributed by atoms with Crippen LogP contribution in [0, 0.1) is 6.92 Å². The van der Waals surface area contributed by atoms with Crippen LogP contribution in [-0.2, 0) is 34.1 Å². The average Bonchev–Trinajstić information content (AvgIpc) is 2.86. The number of nitrogens with zero attached hydrogens (tertiary/aromatic N) is 1. The molecule has 0 saturated carbocycles. The van der Waals surface area contributed by atoms with E-state index in [0.29, 0.717) is 11.1 Å². The first-order valence-corrected chi connectivity index (χ1v) is 14.3. The second kappa shape index (κ2) is 9.95. The predicted molar refractivity (Wildman–Crippen MR) is 141 cm³/mol. The third kappa shape index (κ3) is 5.57. The molecule has 2 aromatic carbocycles. The van der Waals surface area contributed by atoms with Gasteiger partial charge in [-0.3, -0.25) is 4.79 Å². The summed E-state index contributed by atoms with van der Waals surface area (Å²) in [5.74, 6) is 0.432. The summed E-state index contributed by atoms with van der Waals surface area (Å²) in [6.07, 6.45) is 5.77. The maximum absolute atomic E-state index is 12.5. The molecule has 2 N–H and O–H groups in total. The van der Waals surface area contributed by atoms with Gasteiger partial charge < -0.3 is 9.15 Å². The molecule has 2 aliphatic rings. The van der Waals surface area contributed by atoms with Crippen LogP contribution in [-0.4, -0.2) is 26.5 Å². The molecule has 0 fully saturated rings. The van der Waals surface area contributed by atoms with Gasteiger partial charge in [-0.05, 0) is 88.6 Å². The molecule has 5 rings (SSSR count). The molecule has 0 atom stereocenters. The van der Waals surface area contributed by atoms with Crippen molar-refractivity contribution in [3.63, 3.8) is 0 Å². The maximum atomic E-state index is 12.5. The Morgan fingerprint density at radius 2 is 1.78 bits per heavy atom. The number of hydrogen-bond acceptors (Lipinski definition) is 6. The average molecular weight is 524 g/mol. The molecule has 0 saturated heterocycles. The van der Waals surface area contributed by atoms with Crippen molar-refractivity contribution in [1.29, 1.82) is 0 Å². The monoisotopic (exact) mass is 523 g/mol. The van der Waals surface area contributed by atoms with E-state index >= 15 is 0 Å². The van der Waals surface area contributed by atoms with E-state index in [1.165, 1.54) is 11.1 Å². The Hall–Kier alpha value is -3.17. The van der Waals surface area contributed by atoms with E-state index in [9.17, 15) is 13.2 Å². The summed E-state index contributed by atoms with van der Waals surface area (Å²) in [4.78, 5) is 12.6. The number of aryl methyl sites for hydroxylation is 3. The quantitative estimate of drug-likeness (QED) is 0.474. The van der Waals surface area contributed by atoms with Crippen LogP contribution < -0.4 is 20.4 Å². The molecule has 1 aromatic heterocycles. The lowest BCUT2D eigenvalue weighted by atomic mass is 9.88. The minimum atomic E-state index is -3.68. The molecule has 8 nitrogen and oxygen atoms in total. The zero-order chi connectivity index (χ0) is 26.2. The van der Waals surface area contributed by atoms with E-state index in [1.54, 1.807) is 24.3 Å². The lowest BCUT2D eigenvalue weighted by Gasteiger charge is -2.33. The van der Waals surface area contributed by atoms with Crippen LogP contribution >= 0.6 is 0 Å². The van der Waals surface area contributed by atoms with Gasteiger partial charge in [-0.1, -0.05) is 17.7 Å². The van der Waals surface area contributed by atoms with Crippen LogP contribution in [0.1, 0.15) is 61.8 Å². The van der Waals surface area contributed by atoms with Gasteiger partial charge in [0.2, 0.25) is 21.5 Å². The van der Waals surface area contributed by atoms with Crippen LogP contribution in [0.3, 0.4) is 0 Å². The highest BCUT2D eigenvalue weighted by atomic mass is 32.2. The van der Waals surface area contributed by atoms with Crippen LogP contribution in [0.15, 0.2) is 50.8 Å². The summed E-state index contributed by atoms with van der Waals surface area (Å²) in [5.41, 5.74) is 7.82. The lowest BCUT2D eigenvalue weighted by Crippen LogP contribution is -2.32. The third-order valence-electron chi connectivity index (χ3n) is 7.06. The summed E-state index contributed by atoms with van der Waals surface area (Å²) < 4.78 is 39.7. The molecule has 37 heavy (non-hydrogen) atoms. The Bertz CT molecular complexity index is 1520. The SMILES string of the molecule is Cc1ccc(S(=O)(=O)NCCC(=O)N/N=c2\oc3cc4c(cc3c3c2CCCC3)CCC(C)(C)O4)cc1. The Kier molecular flexibility index (Phi) is 6.85. The fourth-order valence-corrected chi connectivity index (χ4v) is 6.00. The summed E-state index contributed by atoms with van der Waals surface area (Å²) in [5, 5.41) is 5.40. The van der Waals surface area contributed by atoms with Crippen molar-refractivity contribution in [2.45, 2.75) is 76.2 Å². The van der Waals surface area contributed by atoms with Gasteiger partial charge in [-0.25, -0.2) is 18.6 Å². The number of sulfonamides is 1. The van der Waals surface area contributed by atoms with Crippen molar-refractivity contribution in [2.75, 3.05) is 6.54 Å². The Balaban J connectivity index is 1.34. The molecule has 1 aliphatic heterocycles. The number of amides is 1. The molecule has 3 aromatic rings. The molecule has 2 heterocycles. The van der Waals surface area contributed by atoms with Crippen molar-refractivity contribution in [2.24, 2.45) is 5.10 Å². The van der Waals surface area contributed by atoms with Gasteiger partial charge in [0.25, 0.3) is 0 Å². The fourth-order valence-electron chi connectivity index (χ4n) is 4.96. The largest absolute Gasteiger partial charge is 0.487 e. The van der Waals surface area contributed by atoms with Gasteiger partial charge in [0.05, 0.1) is 4.90 Å². The maximum Gasteiger partial charge on any atom is 0.241 e. The van der Waals surface area contributed by atoms with Crippen molar-refractivity contribution < 1.29 is 22.4 Å². The Morgan fingerprint density at radius 3 is 2.54 bits per heavy atom. The molecule has 0 radical (unpaired) electrons. The molecule has 0 bridgehead atoms. The van der Waals surface area contributed by atoms with Gasteiger partial charge in [0, 0.05) is 30.0 Å². The van der Waals surface area contributed by atoms with Crippen LogP contribution in [0.5, 0.6) is 5.75 Å². The van der Waals surface area contributed by atoms with Crippen molar-refractivity contribution >= 4 is 26.9 Å². The minimum absolute atomic E-state index is 0.0379. The molecular formula is C28H33N3O5S. The first-order chi connectivity index (χ1) is 17.6. The highest BCUT2D eigenvalue weighted by Gasteiger charge is 2.28. The number of carbonyl (C=O) groups excluding carboxylic acids is 1. The Morgan fingerprint density at radius 1 is 1.05 bits per heavy atom. The van der Waals surface area contributed by atoms with Crippen molar-refractivity contribution in [3.05, 3.63) is 64.2 Å². The second-order valence-electron chi connectivity index (χ2n) is 10.5. The van der Waals surface area contributed by atoms with Gasteiger partial charge in [0.15, 0.2) is 0 Å².